The van der Waals surface area contributed by atoms with Crippen LogP contribution in [0.5, 0.6) is 0 Å². The van der Waals surface area contributed by atoms with Crippen molar-refractivity contribution >= 4 is 18.2 Å². The summed E-state index contributed by atoms with van der Waals surface area (Å²) in [4.78, 5) is 30.2. The van der Waals surface area contributed by atoms with Gasteiger partial charge in [-0.2, -0.15) is 0 Å². The lowest BCUT2D eigenvalue weighted by Gasteiger charge is -1.93. The van der Waals surface area contributed by atoms with Gasteiger partial charge in [0.15, 0.2) is 0 Å². The van der Waals surface area contributed by atoms with Crippen LogP contribution in [0.3, 0.4) is 0 Å². The molecule has 0 aromatic heterocycles. The van der Waals surface area contributed by atoms with E-state index in [4.69, 9.17) is 15.3 Å². The summed E-state index contributed by atoms with van der Waals surface area (Å²) in [7, 11) is 0. The summed E-state index contributed by atoms with van der Waals surface area (Å²) in [5.74, 6) is -4.31. The summed E-state index contributed by atoms with van der Waals surface area (Å²) in [6, 6.07) is 0. The fourth-order valence-electron chi connectivity index (χ4n) is 0.463. The fourth-order valence-corrected chi connectivity index (χ4v) is 0.463. The van der Waals surface area contributed by atoms with E-state index >= 15 is 0 Å². The zero-order chi connectivity index (χ0) is 10.4. The van der Waals surface area contributed by atoms with Gasteiger partial charge in [-0.15, -0.1) is 0 Å². The molecule has 0 saturated carbocycles. The van der Waals surface area contributed by atoms with Crippen molar-refractivity contribution in [2.45, 2.75) is 0 Å². The van der Waals surface area contributed by atoms with E-state index in [1.54, 1.807) is 0 Å². The molecule has 0 saturated heterocycles. The number of carbonyl (C=O) groups excluding carboxylic acids is 1. The average Bonchev–Trinajstić information content (AvgIpc) is 2.03. The zero-order valence-corrected chi connectivity index (χ0v) is 6.30. The standard InChI is InChI=1S/C7H6O6/c8-2-1-4(6(10)11)3-5(9)7(12)13/h1-3,9H,(H,10,11)(H,12,13)/b4-1+,5-3-. The third-order valence-electron chi connectivity index (χ3n) is 1.01. The molecule has 0 aliphatic rings. The van der Waals surface area contributed by atoms with Gasteiger partial charge in [0.25, 0.3) is 0 Å². The largest absolute Gasteiger partial charge is 0.502 e. The number of allylic oxidation sites excluding steroid dienone is 1. The van der Waals surface area contributed by atoms with Crippen LogP contribution in [0.2, 0.25) is 0 Å². The van der Waals surface area contributed by atoms with Crippen molar-refractivity contribution in [1.29, 1.82) is 0 Å². The van der Waals surface area contributed by atoms with E-state index < -0.39 is 23.3 Å². The number of aldehydes is 1. The minimum atomic E-state index is -1.67. The third kappa shape index (κ3) is 3.71. The molecular formula is C7H6O6. The molecule has 0 radical (unpaired) electrons. The molecule has 0 spiro atoms. The third-order valence-corrected chi connectivity index (χ3v) is 1.01. The highest BCUT2D eigenvalue weighted by Gasteiger charge is 2.09. The lowest BCUT2D eigenvalue weighted by molar-refractivity contribution is -0.135. The molecule has 0 atom stereocenters. The number of carboxylic acids is 2. The highest BCUT2D eigenvalue weighted by molar-refractivity contribution is 5.96. The van der Waals surface area contributed by atoms with Crippen LogP contribution in [0.1, 0.15) is 0 Å². The number of carboxylic acid groups (broad SMARTS) is 2. The van der Waals surface area contributed by atoms with E-state index in [1.165, 1.54) is 0 Å². The Balaban J connectivity index is 4.91. The highest BCUT2D eigenvalue weighted by atomic mass is 16.4. The van der Waals surface area contributed by atoms with Gasteiger partial charge in [-0.05, 0) is 6.08 Å². The average molecular weight is 186 g/mol. The van der Waals surface area contributed by atoms with Crippen LogP contribution < -0.4 is 0 Å². The van der Waals surface area contributed by atoms with Crippen LogP contribution in [0.25, 0.3) is 0 Å². The van der Waals surface area contributed by atoms with Gasteiger partial charge in [-0.1, -0.05) is 0 Å². The Morgan fingerprint density at radius 2 is 1.54 bits per heavy atom. The van der Waals surface area contributed by atoms with Crippen molar-refractivity contribution in [3.05, 3.63) is 23.5 Å². The van der Waals surface area contributed by atoms with Gasteiger partial charge in [0.05, 0.1) is 5.57 Å². The number of aliphatic carboxylic acids is 2. The Hall–Kier alpha value is -2.11. The Morgan fingerprint density at radius 3 is 1.85 bits per heavy atom. The lowest BCUT2D eigenvalue weighted by Crippen LogP contribution is -2.04. The molecule has 0 unspecified atom stereocenters. The van der Waals surface area contributed by atoms with Gasteiger partial charge in [-0.25, -0.2) is 9.59 Å². The van der Waals surface area contributed by atoms with Gasteiger partial charge in [-0.3, -0.25) is 4.79 Å². The molecule has 0 aromatic rings. The summed E-state index contributed by atoms with van der Waals surface area (Å²) < 4.78 is 0. The van der Waals surface area contributed by atoms with Crippen LogP contribution >= 0.6 is 0 Å². The highest BCUT2D eigenvalue weighted by Crippen LogP contribution is 2.00. The number of aliphatic hydroxyl groups is 1. The summed E-state index contributed by atoms with van der Waals surface area (Å²) in [6.07, 6.45) is 1.27. The molecule has 0 fully saturated rings. The minimum absolute atomic E-state index is 0.176. The molecule has 0 amide bonds. The Morgan fingerprint density at radius 1 is 1.00 bits per heavy atom. The van der Waals surface area contributed by atoms with Crippen LogP contribution in [0.4, 0.5) is 0 Å². The first-order valence-electron chi connectivity index (χ1n) is 3.01. The van der Waals surface area contributed by atoms with Gasteiger partial charge >= 0.3 is 11.9 Å². The monoisotopic (exact) mass is 186 g/mol. The summed E-state index contributed by atoms with van der Waals surface area (Å²) in [5.41, 5.74) is -0.602. The number of carbonyl (C=O) groups is 3. The lowest BCUT2D eigenvalue weighted by atomic mass is 10.2. The van der Waals surface area contributed by atoms with Crippen molar-refractivity contribution in [2.75, 3.05) is 0 Å². The molecule has 6 nitrogen and oxygen atoms in total. The second kappa shape index (κ2) is 4.70. The molecule has 13 heavy (non-hydrogen) atoms. The second-order valence-corrected chi connectivity index (χ2v) is 1.90. The first-order chi connectivity index (χ1) is 5.99. The van der Waals surface area contributed by atoms with Crippen LogP contribution in [0.15, 0.2) is 23.5 Å². The van der Waals surface area contributed by atoms with Gasteiger partial charge < -0.3 is 15.3 Å². The molecule has 0 rings (SSSR count). The van der Waals surface area contributed by atoms with Gasteiger partial charge in [0.2, 0.25) is 5.76 Å². The van der Waals surface area contributed by atoms with E-state index in [1.807, 2.05) is 0 Å². The molecule has 70 valence electrons. The van der Waals surface area contributed by atoms with Crippen LogP contribution in [-0.2, 0) is 14.4 Å². The van der Waals surface area contributed by atoms with Crippen molar-refractivity contribution in [3.8, 4) is 0 Å². The summed E-state index contributed by atoms with van der Waals surface area (Å²) >= 11 is 0. The maximum absolute atomic E-state index is 10.3. The predicted octanol–water partition coefficient (Wildman–Crippen LogP) is -0.277. The van der Waals surface area contributed by atoms with Crippen molar-refractivity contribution < 1.29 is 29.7 Å². The maximum atomic E-state index is 10.3. The van der Waals surface area contributed by atoms with E-state index in [0.717, 1.165) is 0 Å². The first-order valence-corrected chi connectivity index (χ1v) is 3.01. The molecule has 6 heteroatoms. The molecule has 0 heterocycles. The zero-order valence-electron chi connectivity index (χ0n) is 6.30. The summed E-state index contributed by atoms with van der Waals surface area (Å²) in [5, 5.41) is 25.1. The number of rotatable bonds is 4. The first kappa shape index (κ1) is 10.9. The smallest absolute Gasteiger partial charge is 0.370 e. The van der Waals surface area contributed by atoms with Crippen molar-refractivity contribution in [3.63, 3.8) is 0 Å². The molecular weight excluding hydrogens is 180 g/mol. The van der Waals surface area contributed by atoms with Gasteiger partial charge in [0.1, 0.15) is 6.29 Å². The van der Waals surface area contributed by atoms with E-state index in [2.05, 4.69) is 0 Å². The molecule has 0 aliphatic heterocycles. The Kier molecular flexibility index (Phi) is 3.94. The topological polar surface area (TPSA) is 112 Å². The quantitative estimate of drug-likeness (QED) is 0.241. The fraction of sp³-hybridized carbons (Fsp3) is 0. The van der Waals surface area contributed by atoms with Crippen molar-refractivity contribution in [1.82, 2.24) is 0 Å². The van der Waals surface area contributed by atoms with Gasteiger partial charge in [0, 0.05) is 6.08 Å². The van der Waals surface area contributed by atoms with E-state index in [0.29, 0.717) is 12.2 Å². The molecule has 0 aromatic carbocycles. The Labute approximate surface area is 72.4 Å². The number of hydrogen-bond donors (Lipinski definition) is 3. The van der Waals surface area contributed by atoms with E-state index in [9.17, 15) is 14.4 Å². The SMILES string of the molecule is O=C/C=C(\C=C(/O)C(=O)O)C(=O)O. The Bertz CT molecular complexity index is 298. The number of hydrogen-bond acceptors (Lipinski definition) is 4. The summed E-state index contributed by atoms with van der Waals surface area (Å²) in [6.45, 7) is 0. The normalized spacial score (nSPS) is 12.3. The molecule has 3 N–H and O–H groups in total. The predicted molar refractivity (Wildman–Crippen MR) is 40.1 cm³/mol. The number of aliphatic hydroxyl groups excluding tert-OH is 1. The van der Waals surface area contributed by atoms with Crippen LogP contribution in [0, 0.1) is 0 Å². The maximum Gasteiger partial charge on any atom is 0.370 e. The van der Waals surface area contributed by atoms with Crippen molar-refractivity contribution in [2.24, 2.45) is 0 Å². The molecule has 0 bridgehead atoms. The second-order valence-electron chi connectivity index (χ2n) is 1.90. The van der Waals surface area contributed by atoms with Crippen LogP contribution in [-0.4, -0.2) is 33.5 Å². The van der Waals surface area contributed by atoms with E-state index in [-0.39, 0.29) is 6.29 Å². The minimum Gasteiger partial charge on any atom is -0.502 e. The molecule has 0 aliphatic carbocycles.